The molecule has 1 fully saturated rings. The van der Waals surface area contributed by atoms with Crippen molar-refractivity contribution in [1.29, 1.82) is 0 Å². The Morgan fingerprint density at radius 2 is 1.90 bits per heavy atom. The average Bonchev–Trinajstić information content (AvgIpc) is 3.28. The first kappa shape index (κ1) is 18.4. The monoisotopic (exact) mass is 390 g/mol. The number of urea groups is 1. The number of nitrogens with two attached hydrogens (primary N) is 1. The maximum Gasteiger partial charge on any atom is 0.325 e. The minimum Gasteiger partial charge on any atom is -0.366 e. The van der Waals surface area contributed by atoms with Gasteiger partial charge in [0.25, 0.3) is 5.91 Å². The van der Waals surface area contributed by atoms with Gasteiger partial charge in [-0.3, -0.25) is 14.5 Å². The molecule has 3 aromatic rings. The number of aromatic nitrogens is 1. The average molecular weight is 390 g/mol. The smallest absolute Gasteiger partial charge is 0.325 e. The van der Waals surface area contributed by atoms with E-state index in [0.717, 1.165) is 10.5 Å². The molecule has 29 heavy (non-hydrogen) atoms. The molecular weight excluding hydrogens is 372 g/mol. The zero-order valence-electron chi connectivity index (χ0n) is 15.6. The van der Waals surface area contributed by atoms with Crippen LogP contribution in [0.15, 0.2) is 65.2 Å². The van der Waals surface area contributed by atoms with Gasteiger partial charge >= 0.3 is 6.03 Å². The van der Waals surface area contributed by atoms with Crippen LogP contribution in [-0.2, 0) is 16.9 Å². The number of carbonyl (C=O) groups excluding carboxylic acids is 3. The summed E-state index contributed by atoms with van der Waals surface area (Å²) in [5, 5.41) is 6.67. The maximum absolute atomic E-state index is 13.1. The number of hydrogen-bond acceptors (Lipinski definition) is 5. The van der Waals surface area contributed by atoms with Crippen LogP contribution in [0.3, 0.4) is 0 Å². The molecule has 0 bridgehead atoms. The summed E-state index contributed by atoms with van der Waals surface area (Å²) in [5.41, 5.74) is 6.04. The SMILES string of the molecule is CC1(c2cccc(C(N)=O)c2)NC(=O)N(Cc2cc(-c3ccccc3)on2)C1=O. The summed E-state index contributed by atoms with van der Waals surface area (Å²) in [6.45, 7) is 1.55. The van der Waals surface area contributed by atoms with E-state index in [1.54, 1.807) is 31.2 Å². The number of imide groups is 1. The summed E-state index contributed by atoms with van der Waals surface area (Å²) in [4.78, 5) is 38.1. The number of nitrogens with zero attached hydrogens (tertiary/aromatic N) is 2. The molecule has 4 amide bonds. The molecule has 1 aliphatic rings. The highest BCUT2D eigenvalue weighted by Gasteiger charge is 2.49. The van der Waals surface area contributed by atoms with E-state index >= 15 is 0 Å². The Morgan fingerprint density at radius 3 is 2.62 bits per heavy atom. The van der Waals surface area contributed by atoms with Gasteiger partial charge in [0.2, 0.25) is 5.91 Å². The van der Waals surface area contributed by atoms with Crippen LogP contribution in [0.2, 0.25) is 0 Å². The highest BCUT2D eigenvalue weighted by Crippen LogP contribution is 2.30. The second-order valence-electron chi connectivity index (χ2n) is 6.94. The Balaban J connectivity index is 1.58. The number of benzene rings is 2. The molecule has 1 unspecified atom stereocenters. The lowest BCUT2D eigenvalue weighted by Gasteiger charge is -2.22. The molecule has 1 aliphatic heterocycles. The van der Waals surface area contributed by atoms with Crippen LogP contribution in [0.25, 0.3) is 11.3 Å². The molecule has 1 atom stereocenters. The van der Waals surface area contributed by atoms with Crippen molar-refractivity contribution in [3.05, 3.63) is 77.5 Å². The van der Waals surface area contributed by atoms with Crippen molar-refractivity contribution in [3.8, 4) is 11.3 Å². The molecule has 0 saturated carbocycles. The van der Waals surface area contributed by atoms with E-state index in [4.69, 9.17) is 10.3 Å². The van der Waals surface area contributed by atoms with Crippen LogP contribution in [0, 0.1) is 0 Å². The van der Waals surface area contributed by atoms with Gasteiger partial charge in [0.05, 0.1) is 6.54 Å². The topological polar surface area (TPSA) is 119 Å². The van der Waals surface area contributed by atoms with E-state index in [-0.39, 0.29) is 12.1 Å². The normalized spacial score (nSPS) is 18.7. The molecule has 1 saturated heterocycles. The maximum atomic E-state index is 13.1. The van der Waals surface area contributed by atoms with E-state index in [9.17, 15) is 14.4 Å². The van der Waals surface area contributed by atoms with E-state index in [0.29, 0.717) is 17.0 Å². The molecule has 0 spiro atoms. The first-order valence-corrected chi connectivity index (χ1v) is 8.94. The number of primary amides is 1. The first-order valence-electron chi connectivity index (χ1n) is 8.94. The third kappa shape index (κ3) is 3.25. The van der Waals surface area contributed by atoms with Gasteiger partial charge in [-0.1, -0.05) is 47.6 Å². The lowest BCUT2D eigenvalue weighted by Crippen LogP contribution is -2.41. The zero-order valence-corrected chi connectivity index (χ0v) is 15.6. The quantitative estimate of drug-likeness (QED) is 0.649. The predicted octanol–water partition coefficient (Wildman–Crippen LogP) is 2.41. The molecule has 0 radical (unpaired) electrons. The zero-order chi connectivity index (χ0) is 20.6. The van der Waals surface area contributed by atoms with E-state index in [2.05, 4.69) is 10.5 Å². The molecule has 1 aromatic heterocycles. The minimum absolute atomic E-state index is 0.0356. The molecule has 8 nitrogen and oxygen atoms in total. The van der Waals surface area contributed by atoms with Crippen molar-refractivity contribution in [2.75, 3.05) is 0 Å². The molecule has 4 rings (SSSR count). The molecule has 2 heterocycles. The van der Waals surface area contributed by atoms with Gasteiger partial charge in [0.15, 0.2) is 5.76 Å². The second-order valence-corrected chi connectivity index (χ2v) is 6.94. The summed E-state index contributed by atoms with van der Waals surface area (Å²) < 4.78 is 5.34. The van der Waals surface area contributed by atoms with Crippen molar-refractivity contribution in [1.82, 2.24) is 15.4 Å². The van der Waals surface area contributed by atoms with Gasteiger partial charge in [-0.05, 0) is 24.6 Å². The molecule has 2 aromatic carbocycles. The fraction of sp³-hybridized carbons (Fsp3) is 0.143. The second kappa shape index (κ2) is 6.90. The number of carbonyl (C=O) groups is 3. The fourth-order valence-corrected chi connectivity index (χ4v) is 3.31. The highest BCUT2D eigenvalue weighted by molar-refractivity contribution is 6.07. The summed E-state index contributed by atoms with van der Waals surface area (Å²) in [6, 6.07) is 16.9. The van der Waals surface area contributed by atoms with Crippen molar-refractivity contribution in [3.63, 3.8) is 0 Å². The van der Waals surface area contributed by atoms with Crippen LogP contribution in [0.4, 0.5) is 4.79 Å². The van der Waals surface area contributed by atoms with Crippen molar-refractivity contribution >= 4 is 17.8 Å². The summed E-state index contributed by atoms with van der Waals surface area (Å²) >= 11 is 0. The van der Waals surface area contributed by atoms with Crippen LogP contribution in [-0.4, -0.2) is 27.9 Å². The molecular formula is C21H18N4O4. The van der Waals surface area contributed by atoms with Gasteiger partial charge in [-0.25, -0.2) is 4.79 Å². The molecule has 8 heteroatoms. The highest BCUT2D eigenvalue weighted by atomic mass is 16.5. The van der Waals surface area contributed by atoms with Gasteiger partial charge in [-0.2, -0.15) is 0 Å². The van der Waals surface area contributed by atoms with Crippen LogP contribution in [0.1, 0.15) is 28.5 Å². The number of nitrogens with one attached hydrogen (secondary N) is 1. The molecule has 146 valence electrons. The third-order valence-corrected chi connectivity index (χ3v) is 4.94. The Morgan fingerprint density at radius 1 is 1.14 bits per heavy atom. The summed E-state index contributed by atoms with van der Waals surface area (Å²) in [5.74, 6) is -0.516. The minimum atomic E-state index is -1.31. The Hall–Kier alpha value is -3.94. The van der Waals surface area contributed by atoms with Gasteiger partial charge in [0.1, 0.15) is 11.2 Å². The largest absolute Gasteiger partial charge is 0.366 e. The third-order valence-electron chi connectivity index (χ3n) is 4.94. The number of hydrogen-bond donors (Lipinski definition) is 2. The fourth-order valence-electron chi connectivity index (χ4n) is 3.31. The first-order chi connectivity index (χ1) is 13.9. The lowest BCUT2D eigenvalue weighted by molar-refractivity contribution is -0.131. The lowest BCUT2D eigenvalue weighted by atomic mass is 9.90. The van der Waals surface area contributed by atoms with E-state index < -0.39 is 23.4 Å². The predicted molar refractivity (Wildman–Crippen MR) is 103 cm³/mol. The van der Waals surface area contributed by atoms with Gasteiger partial charge in [-0.15, -0.1) is 0 Å². The molecule has 3 N–H and O–H groups in total. The summed E-state index contributed by atoms with van der Waals surface area (Å²) in [6.07, 6.45) is 0. The Labute approximate surface area is 166 Å². The Kier molecular flexibility index (Phi) is 4.38. The standard InChI is InChI=1S/C21H18N4O4/c1-21(15-9-5-8-14(10-15)18(22)26)19(27)25(20(28)23-21)12-16-11-17(29-24-16)13-6-3-2-4-7-13/h2-11H,12H2,1H3,(H2,22,26)(H,23,28). The van der Waals surface area contributed by atoms with Gasteiger partial charge in [0, 0.05) is 17.2 Å². The van der Waals surface area contributed by atoms with Crippen molar-refractivity contribution in [2.45, 2.75) is 19.0 Å². The van der Waals surface area contributed by atoms with Crippen LogP contribution in [0.5, 0.6) is 0 Å². The number of amides is 4. The number of rotatable bonds is 5. The van der Waals surface area contributed by atoms with Crippen LogP contribution >= 0.6 is 0 Å². The van der Waals surface area contributed by atoms with E-state index in [1.807, 2.05) is 30.3 Å². The van der Waals surface area contributed by atoms with Crippen molar-refractivity contribution in [2.24, 2.45) is 5.73 Å². The molecule has 0 aliphatic carbocycles. The van der Waals surface area contributed by atoms with Gasteiger partial charge < -0.3 is 15.6 Å². The van der Waals surface area contributed by atoms with Crippen LogP contribution < -0.4 is 11.1 Å². The van der Waals surface area contributed by atoms with Crippen molar-refractivity contribution < 1.29 is 18.9 Å². The van der Waals surface area contributed by atoms with E-state index in [1.165, 1.54) is 6.07 Å². The summed E-state index contributed by atoms with van der Waals surface area (Å²) in [7, 11) is 0. The Bertz CT molecular complexity index is 1110.